The number of nitrogens with one attached hydrogen (secondary N) is 1. The molecule has 0 saturated heterocycles. The Bertz CT molecular complexity index is 590. The number of rotatable bonds is 4. The number of hydrogen-bond donors (Lipinski definition) is 2. The van der Waals surface area contributed by atoms with E-state index in [0.29, 0.717) is 17.8 Å². The number of anilines is 1. The summed E-state index contributed by atoms with van der Waals surface area (Å²) < 4.78 is 9.82. The largest absolute Gasteiger partial charge is 0.497 e. The molecule has 2 rings (SSSR count). The summed E-state index contributed by atoms with van der Waals surface area (Å²) in [6.07, 6.45) is 2.34. The lowest BCUT2D eigenvalue weighted by molar-refractivity contribution is 0.0596. The van der Waals surface area contributed by atoms with Gasteiger partial charge in [-0.3, -0.25) is 0 Å². The highest BCUT2D eigenvalue weighted by Crippen LogP contribution is 2.22. The lowest BCUT2D eigenvalue weighted by Gasteiger charge is -2.04. The number of carbonyl (C=O) groups excluding carboxylic acids is 1. The average Bonchev–Trinajstić information content (AvgIpc) is 2.80. The van der Waals surface area contributed by atoms with Gasteiger partial charge in [0.05, 0.1) is 19.9 Å². The number of methoxy groups -OCH3 is 2. The van der Waals surface area contributed by atoms with Crippen molar-refractivity contribution in [3.05, 3.63) is 47.3 Å². The Labute approximate surface area is 111 Å². The molecule has 0 bridgehead atoms. The van der Waals surface area contributed by atoms with Crippen molar-refractivity contribution in [2.75, 3.05) is 20.0 Å². The van der Waals surface area contributed by atoms with Crippen LogP contribution < -0.4 is 10.5 Å². The van der Waals surface area contributed by atoms with Crippen molar-refractivity contribution >= 4 is 11.7 Å². The van der Waals surface area contributed by atoms with E-state index in [1.54, 1.807) is 13.3 Å². The number of hydrogen-bond acceptors (Lipinski definition) is 4. The molecule has 0 saturated carbocycles. The summed E-state index contributed by atoms with van der Waals surface area (Å²) in [6.45, 7) is 0. The van der Waals surface area contributed by atoms with Gasteiger partial charge in [0.2, 0.25) is 0 Å². The number of ether oxygens (including phenoxy) is 2. The summed E-state index contributed by atoms with van der Waals surface area (Å²) >= 11 is 0. The van der Waals surface area contributed by atoms with Crippen molar-refractivity contribution in [1.29, 1.82) is 0 Å². The van der Waals surface area contributed by atoms with Gasteiger partial charge in [-0.15, -0.1) is 0 Å². The molecule has 0 aliphatic rings. The Morgan fingerprint density at radius 3 is 2.84 bits per heavy atom. The molecule has 5 nitrogen and oxygen atoms in total. The van der Waals surface area contributed by atoms with Crippen LogP contribution in [-0.2, 0) is 11.2 Å². The van der Waals surface area contributed by atoms with E-state index in [9.17, 15) is 4.79 Å². The van der Waals surface area contributed by atoms with Crippen LogP contribution in [0.25, 0.3) is 0 Å². The normalized spacial score (nSPS) is 10.2. The van der Waals surface area contributed by atoms with Gasteiger partial charge in [-0.05, 0) is 23.3 Å². The number of aromatic amines is 1. The monoisotopic (exact) mass is 260 g/mol. The van der Waals surface area contributed by atoms with Crippen LogP contribution in [0.15, 0.2) is 30.5 Å². The molecule has 0 aliphatic carbocycles. The molecule has 0 fully saturated rings. The number of nitrogen functional groups attached to an aromatic ring is 1. The lowest BCUT2D eigenvalue weighted by atomic mass is 10.1. The van der Waals surface area contributed by atoms with E-state index in [1.807, 2.05) is 24.3 Å². The maximum absolute atomic E-state index is 11.4. The second kappa shape index (κ2) is 5.48. The van der Waals surface area contributed by atoms with Gasteiger partial charge in [-0.2, -0.15) is 0 Å². The third-order valence-corrected chi connectivity index (χ3v) is 2.92. The molecule has 0 atom stereocenters. The Morgan fingerprint density at radius 1 is 1.37 bits per heavy atom. The Hall–Kier alpha value is -2.43. The topological polar surface area (TPSA) is 77.3 Å². The first-order chi connectivity index (χ1) is 9.15. The average molecular weight is 260 g/mol. The van der Waals surface area contributed by atoms with Crippen molar-refractivity contribution in [1.82, 2.24) is 4.98 Å². The quantitative estimate of drug-likeness (QED) is 0.824. The van der Waals surface area contributed by atoms with Gasteiger partial charge < -0.3 is 20.2 Å². The lowest BCUT2D eigenvalue weighted by Crippen LogP contribution is -2.05. The van der Waals surface area contributed by atoms with Crippen LogP contribution in [0.5, 0.6) is 5.75 Å². The second-order valence-corrected chi connectivity index (χ2v) is 4.12. The minimum absolute atomic E-state index is 0.292. The first kappa shape index (κ1) is 13.0. The highest BCUT2D eigenvalue weighted by molar-refractivity contribution is 5.94. The molecular weight excluding hydrogens is 244 g/mol. The molecule has 1 aromatic carbocycles. The van der Waals surface area contributed by atoms with E-state index < -0.39 is 5.97 Å². The van der Waals surface area contributed by atoms with Crippen molar-refractivity contribution in [2.45, 2.75) is 6.42 Å². The third kappa shape index (κ3) is 2.70. The molecule has 5 heteroatoms. The van der Waals surface area contributed by atoms with Gasteiger partial charge in [-0.1, -0.05) is 12.1 Å². The van der Waals surface area contributed by atoms with Crippen LogP contribution in [-0.4, -0.2) is 25.2 Å². The minimum Gasteiger partial charge on any atom is -0.497 e. The Morgan fingerprint density at radius 2 is 2.16 bits per heavy atom. The van der Waals surface area contributed by atoms with Gasteiger partial charge >= 0.3 is 5.97 Å². The minimum atomic E-state index is -0.464. The van der Waals surface area contributed by atoms with Crippen molar-refractivity contribution in [3.63, 3.8) is 0 Å². The molecule has 100 valence electrons. The molecule has 0 amide bonds. The fourth-order valence-electron chi connectivity index (χ4n) is 1.89. The van der Waals surface area contributed by atoms with E-state index in [4.69, 9.17) is 10.5 Å². The molecule has 1 heterocycles. The van der Waals surface area contributed by atoms with Gasteiger partial charge in [0, 0.05) is 12.6 Å². The van der Waals surface area contributed by atoms with Crippen molar-refractivity contribution < 1.29 is 14.3 Å². The van der Waals surface area contributed by atoms with Crippen LogP contribution in [0.1, 0.15) is 21.6 Å². The zero-order valence-electron chi connectivity index (χ0n) is 10.9. The smallest absolute Gasteiger partial charge is 0.356 e. The van der Waals surface area contributed by atoms with E-state index >= 15 is 0 Å². The van der Waals surface area contributed by atoms with Gasteiger partial charge in [0.15, 0.2) is 0 Å². The molecular formula is C14H16N2O3. The van der Waals surface area contributed by atoms with Crippen LogP contribution in [0.4, 0.5) is 5.69 Å². The Balaban J connectivity index is 2.24. The molecule has 0 spiro atoms. The van der Waals surface area contributed by atoms with Gasteiger partial charge in [0.1, 0.15) is 11.4 Å². The molecule has 3 N–H and O–H groups in total. The van der Waals surface area contributed by atoms with Gasteiger partial charge in [0.25, 0.3) is 0 Å². The standard InChI is InChI=1S/C14H16N2O3/c1-18-11-5-3-4-9(7-11)6-10-8-16-13(12(10)15)14(17)19-2/h3-5,7-8,16H,6,15H2,1-2H3. The summed E-state index contributed by atoms with van der Waals surface area (Å²) in [5, 5.41) is 0. The summed E-state index contributed by atoms with van der Waals surface area (Å²) in [6, 6.07) is 7.71. The molecule has 0 unspecified atom stereocenters. The highest BCUT2D eigenvalue weighted by Gasteiger charge is 2.15. The number of H-pyrrole nitrogens is 1. The number of benzene rings is 1. The van der Waals surface area contributed by atoms with Crippen molar-refractivity contribution in [2.24, 2.45) is 0 Å². The second-order valence-electron chi connectivity index (χ2n) is 4.12. The molecule has 1 aromatic heterocycles. The number of carbonyl (C=O) groups is 1. The fraction of sp³-hybridized carbons (Fsp3) is 0.214. The van der Waals surface area contributed by atoms with E-state index in [0.717, 1.165) is 16.9 Å². The first-order valence-electron chi connectivity index (χ1n) is 5.82. The highest BCUT2D eigenvalue weighted by atomic mass is 16.5. The summed E-state index contributed by atoms with van der Waals surface area (Å²) in [5.74, 6) is 0.328. The molecule has 2 aromatic rings. The van der Waals surface area contributed by atoms with E-state index in [-0.39, 0.29) is 0 Å². The van der Waals surface area contributed by atoms with Gasteiger partial charge in [-0.25, -0.2) is 4.79 Å². The Kier molecular flexibility index (Phi) is 3.75. The van der Waals surface area contributed by atoms with Crippen LogP contribution in [0.3, 0.4) is 0 Å². The predicted octanol–water partition coefficient (Wildman–Crippen LogP) is 1.98. The van der Waals surface area contributed by atoms with Crippen LogP contribution >= 0.6 is 0 Å². The molecule has 0 aliphatic heterocycles. The SMILES string of the molecule is COC(=O)c1[nH]cc(Cc2cccc(OC)c2)c1N. The first-order valence-corrected chi connectivity index (χ1v) is 5.82. The zero-order chi connectivity index (χ0) is 13.8. The van der Waals surface area contributed by atoms with Crippen LogP contribution in [0.2, 0.25) is 0 Å². The number of esters is 1. The van der Waals surface area contributed by atoms with E-state index in [1.165, 1.54) is 7.11 Å². The van der Waals surface area contributed by atoms with Crippen LogP contribution in [0, 0.1) is 0 Å². The third-order valence-electron chi connectivity index (χ3n) is 2.92. The molecule has 0 radical (unpaired) electrons. The number of aromatic nitrogens is 1. The van der Waals surface area contributed by atoms with E-state index in [2.05, 4.69) is 9.72 Å². The zero-order valence-corrected chi connectivity index (χ0v) is 10.9. The summed E-state index contributed by atoms with van der Waals surface area (Å²) in [5.41, 5.74) is 8.56. The number of nitrogens with two attached hydrogens (primary N) is 1. The van der Waals surface area contributed by atoms with Crippen molar-refractivity contribution in [3.8, 4) is 5.75 Å². The summed E-state index contributed by atoms with van der Waals surface area (Å²) in [7, 11) is 2.95. The maximum Gasteiger partial charge on any atom is 0.356 e. The predicted molar refractivity (Wildman–Crippen MR) is 72.3 cm³/mol. The molecule has 19 heavy (non-hydrogen) atoms. The fourth-order valence-corrected chi connectivity index (χ4v) is 1.89. The summed E-state index contributed by atoms with van der Waals surface area (Å²) in [4.78, 5) is 14.3. The maximum atomic E-state index is 11.4.